The lowest BCUT2D eigenvalue weighted by atomic mass is 9.72. The van der Waals surface area contributed by atoms with Crippen molar-refractivity contribution in [3.8, 4) is 0 Å². The largest absolute Gasteiger partial charge is 0.352 e. The van der Waals surface area contributed by atoms with Gasteiger partial charge in [0.05, 0.1) is 0 Å². The second-order valence-corrected chi connectivity index (χ2v) is 9.08. The molecule has 0 unspecified atom stereocenters. The van der Waals surface area contributed by atoms with Crippen LogP contribution in [0.1, 0.15) is 33.8 Å². The molecule has 2 aliphatic rings. The molecule has 4 nitrogen and oxygen atoms in total. The first-order valence-corrected chi connectivity index (χ1v) is 10.7. The van der Waals surface area contributed by atoms with E-state index in [-0.39, 0.29) is 5.91 Å². The van der Waals surface area contributed by atoms with Crippen LogP contribution in [0.5, 0.6) is 0 Å². The van der Waals surface area contributed by atoms with E-state index in [0.717, 1.165) is 19.4 Å². The van der Waals surface area contributed by atoms with Gasteiger partial charge in [0, 0.05) is 59.8 Å². The molecule has 0 saturated carbocycles. The van der Waals surface area contributed by atoms with Gasteiger partial charge in [-0.25, -0.2) is 0 Å². The summed E-state index contributed by atoms with van der Waals surface area (Å²) >= 11 is 5.93. The summed E-state index contributed by atoms with van der Waals surface area (Å²) in [6.07, 6.45) is 4.53. The Hall–Kier alpha value is -2.30. The standard InChI is InChI=1S/C24H26ClN3O/c1-27-13-15(12-26-24(29)16-6-8-18(25)9-7-16)10-20-19-4-3-5-21-23(19)17(11-22(20)27)14-28(21)2/h3-9,14-15,20,22H,10-13H2,1-2H3,(H,26,29)/t15-,20+,22+/m0/s1. The lowest BCUT2D eigenvalue weighted by Gasteiger charge is -2.45. The molecule has 1 aliphatic heterocycles. The number of fused-ring (bicyclic) bond motifs is 2. The first-order valence-electron chi connectivity index (χ1n) is 10.3. The summed E-state index contributed by atoms with van der Waals surface area (Å²) in [6.45, 7) is 1.72. The maximum absolute atomic E-state index is 12.5. The molecule has 1 fully saturated rings. The minimum atomic E-state index is -0.0254. The number of aryl methyl sites for hydroxylation is 1. The third-order valence-corrected chi connectivity index (χ3v) is 7.03. The molecule has 3 aromatic rings. The molecule has 1 amide bonds. The summed E-state index contributed by atoms with van der Waals surface area (Å²) in [5.41, 5.74) is 4.94. The maximum Gasteiger partial charge on any atom is 0.251 e. The van der Waals surface area contributed by atoms with Crippen LogP contribution in [0.2, 0.25) is 5.02 Å². The molecule has 5 rings (SSSR count). The first kappa shape index (κ1) is 18.7. The summed E-state index contributed by atoms with van der Waals surface area (Å²) in [6, 6.07) is 14.3. The van der Waals surface area contributed by atoms with Gasteiger partial charge in [-0.05, 0) is 67.3 Å². The van der Waals surface area contributed by atoms with Gasteiger partial charge in [-0.2, -0.15) is 0 Å². The van der Waals surface area contributed by atoms with Crippen molar-refractivity contribution in [3.05, 3.63) is 70.4 Å². The van der Waals surface area contributed by atoms with Crippen LogP contribution in [0.25, 0.3) is 10.9 Å². The number of carbonyl (C=O) groups is 1. The fourth-order valence-corrected chi connectivity index (χ4v) is 5.55. The fourth-order valence-electron chi connectivity index (χ4n) is 5.42. The van der Waals surface area contributed by atoms with Gasteiger partial charge in [-0.1, -0.05) is 23.7 Å². The lowest BCUT2D eigenvalue weighted by Crippen LogP contribution is -2.50. The third-order valence-electron chi connectivity index (χ3n) is 6.78. The van der Waals surface area contributed by atoms with Crippen molar-refractivity contribution in [2.24, 2.45) is 13.0 Å². The summed E-state index contributed by atoms with van der Waals surface area (Å²) in [5.74, 6) is 0.935. The predicted molar refractivity (Wildman–Crippen MR) is 118 cm³/mol. The number of rotatable bonds is 3. The average molecular weight is 408 g/mol. The van der Waals surface area contributed by atoms with Crippen molar-refractivity contribution in [2.75, 3.05) is 20.1 Å². The molecule has 2 aromatic carbocycles. The topological polar surface area (TPSA) is 37.3 Å². The molecule has 1 saturated heterocycles. The first-order chi connectivity index (χ1) is 14.0. The maximum atomic E-state index is 12.5. The second kappa shape index (κ2) is 7.19. The summed E-state index contributed by atoms with van der Waals surface area (Å²) in [4.78, 5) is 15.0. The molecule has 3 atom stereocenters. The Labute approximate surface area is 176 Å². The SMILES string of the molecule is CN1C[C@H](CNC(=O)c2ccc(Cl)cc2)C[C@@H]2c3cccc4c3c(cn4C)C[C@H]21. The summed E-state index contributed by atoms with van der Waals surface area (Å²) in [7, 11) is 4.38. The van der Waals surface area contributed by atoms with E-state index < -0.39 is 0 Å². The highest BCUT2D eigenvalue weighted by molar-refractivity contribution is 6.30. The molecule has 0 radical (unpaired) electrons. The van der Waals surface area contributed by atoms with E-state index >= 15 is 0 Å². The number of halogens is 1. The van der Waals surface area contributed by atoms with Crippen molar-refractivity contribution in [2.45, 2.75) is 24.8 Å². The van der Waals surface area contributed by atoms with E-state index in [9.17, 15) is 4.79 Å². The zero-order chi connectivity index (χ0) is 20.1. The lowest BCUT2D eigenvalue weighted by molar-refractivity contribution is 0.0891. The third kappa shape index (κ3) is 3.24. The molecule has 0 bridgehead atoms. The van der Waals surface area contributed by atoms with Crippen LogP contribution < -0.4 is 5.32 Å². The Morgan fingerprint density at radius 3 is 2.76 bits per heavy atom. The Bertz CT molecular complexity index is 1070. The number of likely N-dealkylation sites (N-methyl/N-ethyl adjacent to an activating group) is 1. The van der Waals surface area contributed by atoms with Crippen LogP contribution >= 0.6 is 11.6 Å². The van der Waals surface area contributed by atoms with Gasteiger partial charge in [0.15, 0.2) is 0 Å². The number of hydrogen-bond donors (Lipinski definition) is 1. The summed E-state index contributed by atoms with van der Waals surface area (Å²) < 4.78 is 2.26. The van der Waals surface area contributed by atoms with Crippen LogP contribution in [0.3, 0.4) is 0 Å². The van der Waals surface area contributed by atoms with Crippen LogP contribution in [-0.4, -0.2) is 41.6 Å². The van der Waals surface area contributed by atoms with E-state index in [1.54, 1.807) is 24.3 Å². The number of carbonyl (C=O) groups excluding carboxylic acids is 1. The number of nitrogens with zero attached hydrogens (tertiary/aromatic N) is 2. The van der Waals surface area contributed by atoms with E-state index in [2.05, 4.69) is 53.3 Å². The smallest absolute Gasteiger partial charge is 0.251 e. The normalized spacial score (nSPS) is 23.8. The van der Waals surface area contributed by atoms with Gasteiger partial charge < -0.3 is 14.8 Å². The van der Waals surface area contributed by atoms with Crippen LogP contribution in [0, 0.1) is 5.92 Å². The highest BCUT2D eigenvalue weighted by atomic mass is 35.5. The molecular weight excluding hydrogens is 382 g/mol. The molecule has 1 N–H and O–H groups in total. The minimum absolute atomic E-state index is 0.0254. The predicted octanol–water partition coefficient (Wildman–Crippen LogP) is 4.22. The van der Waals surface area contributed by atoms with Crippen molar-refractivity contribution in [1.29, 1.82) is 0 Å². The van der Waals surface area contributed by atoms with Gasteiger partial charge in [-0.15, -0.1) is 0 Å². The number of piperidine rings is 1. The highest BCUT2D eigenvalue weighted by Gasteiger charge is 2.39. The van der Waals surface area contributed by atoms with Crippen molar-refractivity contribution in [3.63, 3.8) is 0 Å². The zero-order valence-corrected chi connectivity index (χ0v) is 17.6. The number of nitrogens with one attached hydrogen (secondary N) is 1. The van der Waals surface area contributed by atoms with Gasteiger partial charge >= 0.3 is 0 Å². The van der Waals surface area contributed by atoms with E-state index in [1.807, 2.05) is 0 Å². The van der Waals surface area contributed by atoms with Crippen molar-refractivity contribution >= 4 is 28.4 Å². The Morgan fingerprint density at radius 1 is 1.17 bits per heavy atom. The second-order valence-electron chi connectivity index (χ2n) is 8.64. The van der Waals surface area contributed by atoms with Gasteiger partial charge in [-0.3, -0.25) is 4.79 Å². The number of benzene rings is 2. The van der Waals surface area contributed by atoms with Crippen LogP contribution in [0.15, 0.2) is 48.7 Å². The zero-order valence-electron chi connectivity index (χ0n) is 16.9. The quantitative estimate of drug-likeness (QED) is 0.705. The number of hydrogen-bond acceptors (Lipinski definition) is 2. The molecule has 29 heavy (non-hydrogen) atoms. The highest BCUT2D eigenvalue weighted by Crippen LogP contribution is 2.44. The fraction of sp³-hybridized carbons (Fsp3) is 0.375. The monoisotopic (exact) mass is 407 g/mol. The van der Waals surface area contributed by atoms with Crippen LogP contribution in [0.4, 0.5) is 0 Å². The average Bonchev–Trinajstić information content (AvgIpc) is 3.04. The minimum Gasteiger partial charge on any atom is -0.352 e. The Kier molecular flexibility index (Phi) is 4.64. The molecular formula is C24H26ClN3O. The van der Waals surface area contributed by atoms with Gasteiger partial charge in [0.1, 0.15) is 0 Å². The Balaban J connectivity index is 1.35. The molecule has 150 valence electrons. The molecule has 0 spiro atoms. The molecule has 1 aromatic heterocycles. The number of aromatic nitrogens is 1. The van der Waals surface area contributed by atoms with Gasteiger partial charge in [0.25, 0.3) is 5.91 Å². The van der Waals surface area contributed by atoms with Crippen LogP contribution in [-0.2, 0) is 13.5 Å². The molecule has 2 heterocycles. The van der Waals surface area contributed by atoms with E-state index in [1.165, 1.54) is 22.0 Å². The van der Waals surface area contributed by atoms with E-state index in [0.29, 0.717) is 35.0 Å². The van der Waals surface area contributed by atoms with E-state index in [4.69, 9.17) is 11.6 Å². The molecule has 1 aliphatic carbocycles. The number of amides is 1. The number of likely N-dealkylation sites (tertiary alicyclic amines) is 1. The summed E-state index contributed by atoms with van der Waals surface area (Å²) in [5, 5.41) is 5.24. The van der Waals surface area contributed by atoms with Crippen molar-refractivity contribution < 1.29 is 4.79 Å². The van der Waals surface area contributed by atoms with Gasteiger partial charge in [0.2, 0.25) is 0 Å². The Morgan fingerprint density at radius 2 is 1.97 bits per heavy atom. The molecule has 5 heteroatoms. The van der Waals surface area contributed by atoms with Crippen molar-refractivity contribution in [1.82, 2.24) is 14.8 Å².